The van der Waals surface area contributed by atoms with Crippen molar-refractivity contribution >= 4 is 28.7 Å². The second-order valence-corrected chi connectivity index (χ2v) is 6.99. The molecule has 0 bridgehead atoms. The summed E-state index contributed by atoms with van der Waals surface area (Å²) in [5, 5.41) is 6.98. The minimum absolute atomic E-state index is 0.0420. The molecule has 1 unspecified atom stereocenters. The van der Waals surface area contributed by atoms with Crippen LogP contribution in [0.2, 0.25) is 0 Å². The number of nitrogens with one attached hydrogen (secondary N) is 2. The highest BCUT2D eigenvalue weighted by molar-refractivity contribution is 6.35. The standard InChI is InChI=1S/C21H22N6O2/c28-19(23-11-6-15-4-5-18-16(13-15)3-1-8-22-18)20(29)27-12-7-17(14-27)26-21-24-9-2-10-25-21/h1-5,8-10,13,17H,6-7,11-12,14H2,(H,23,28)(H,24,25,26). The topological polar surface area (TPSA) is 100 Å². The number of hydrogen-bond acceptors (Lipinski definition) is 6. The van der Waals surface area contributed by atoms with E-state index in [0.717, 1.165) is 22.9 Å². The fourth-order valence-electron chi connectivity index (χ4n) is 3.44. The van der Waals surface area contributed by atoms with Crippen LogP contribution in [0.4, 0.5) is 5.95 Å². The molecule has 1 saturated heterocycles. The van der Waals surface area contributed by atoms with E-state index in [2.05, 4.69) is 31.7 Å². The van der Waals surface area contributed by atoms with Gasteiger partial charge in [0.2, 0.25) is 5.95 Å². The number of fused-ring (bicyclic) bond motifs is 1. The quantitative estimate of drug-likeness (QED) is 0.639. The largest absolute Gasteiger partial charge is 0.350 e. The van der Waals surface area contributed by atoms with E-state index < -0.39 is 11.8 Å². The minimum Gasteiger partial charge on any atom is -0.350 e. The highest BCUT2D eigenvalue weighted by atomic mass is 16.2. The minimum atomic E-state index is -0.566. The summed E-state index contributed by atoms with van der Waals surface area (Å²) in [6, 6.07) is 11.7. The van der Waals surface area contributed by atoms with Crippen molar-refractivity contribution in [3.05, 3.63) is 60.6 Å². The van der Waals surface area contributed by atoms with Crippen LogP contribution >= 0.6 is 0 Å². The first-order valence-corrected chi connectivity index (χ1v) is 9.63. The molecule has 2 amide bonds. The number of benzene rings is 1. The number of likely N-dealkylation sites (tertiary alicyclic amines) is 1. The first-order chi connectivity index (χ1) is 14.2. The lowest BCUT2D eigenvalue weighted by Crippen LogP contribution is -2.43. The Labute approximate surface area is 168 Å². The third-order valence-corrected chi connectivity index (χ3v) is 4.94. The molecule has 1 aliphatic heterocycles. The lowest BCUT2D eigenvalue weighted by Gasteiger charge is -2.16. The summed E-state index contributed by atoms with van der Waals surface area (Å²) in [6.07, 6.45) is 6.49. The van der Waals surface area contributed by atoms with Gasteiger partial charge in [0.25, 0.3) is 0 Å². The molecule has 2 N–H and O–H groups in total. The van der Waals surface area contributed by atoms with E-state index in [1.165, 1.54) is 0 Å². The maximum absolute atomic E-state index is 12.4. The van der Waals surface area contributed by atoms with E-state index in [0.29, 0.717) is 32.0 Å². The number of carbonyl (C=O) groups is 2. The van der Waals surface area contributed by atoms with Gasteiger partial charge in [-0.1, -0.05) is 12.1 Å². The van der Waals surface area contributed by atoms with Crippen molar-refractivity contribution in [2.75, 3.05) is 25.0 Å². The molecular weight excluding hydrogens is 368 g/mol. The van der Waals surface area contributed by atoms with Gasteiger partial charge in [-0.25, -0.2) is 9.97 Å². The zero-order valence-corrected chi connectivity index (χ0v) is 15.9. The van der Waals surface area contributed by atoms with E-state index in [4.69, 9.17) is 0 Å². The third-order valence-electron chi connectivity index (χ3n) is 4.94. The molecule has 148 valence electrons. The van der Waals surface area contributed by atoms with Crippen molar-refractivity contribution in [1.29, 1.82) is 0 Å². The smallest absolute Gasteiger partial charge is 0.311 e. The summed E-state index contributed by atoms with van der Waals surface area (Å²) in [5.74, 6) is -0.531. The second-order valence-electron chi connectivity index (χ2n) is 6.99. The first kappa shape index (κ1) is 18.8. The van der Waals surface area contributed by atoms with E-state index in [9.17, 15) is 9.59 Å². The van der Waals surface area contributed by atoms with E-state index in [-0.39, 0.29) is 6.04 Å². The molecule has 1 aliphatic rings. The van der Waals surface area contributed by atoms with Crippen LogP contribution in [0.3, 0.4) is 0 Å². The number of pyridine rings is 1. The van der Waals surface area contributed by atoms with Crippen molar-refractivity contribution < 1.29 is 9.59 Å². The van der Waals surface area contributed by atoms with Gasteiger partial charge in [-0.05, 0) is 42.7 Å². The lowest BCUT2D eigenvalue weighted by molar-refractivity contribution is -0.145. The van der Waals surface area contributed by atoms with Crippen LogP contribution in [-0.4, -0.2) is 57.3 Å². The second kappa shape index (κ2) is 8.64. The van der Waals surface area contributed by atoms with Crippen LogP contribution in [0.25, 0.3) is 10.9 Å². The molecule has 8 nitrogen and oxygen atoms in total. The average molecular weight is 390 g/mol. The Morgan fingerprint density at radius 1 is 1.07 bits per heavy atom. The molecule has 4 rings (SSSR count). The summed E-state index contributed by atoms with van der Waals surface area (Å²) in [4.78, 5) is 38.8. The Morgan fingerprint density at radius 2 is 1.90 bits per heavy atom. The predicted octanol–water partition coefficient (Wildman–Crippen LogP) is 1.40. The van der Waals surface area contributed by atoms with Gasteiger partial charge in [0, 0.05) is 49.7 Å². The van der Waals surface area contributed by atoms with E-state index >= 15 is 0 Å². The molecule has 0 radical (unpaired) electrons. The monoisotopic (exact) mass is 390 g/mol. The van der Waals surface area contributed by atoms with E-state index in [1.54, 1.807) is 29.6 Å². The van der Waals surface area contributed by atoms with E-state index in [1.807, 2.05) is 24.3 Å². The van der Waals surface area contributed by atoms with Crippen molar-refractivity contribution in [3.8, 4) is 0 Å². The normalized spacial score (nSPS) is 16.0. The van der Waals surface area contributed by atoms with Gasteiger partial charge in [0.15, 0.2) is 0 Å². The SMILES string of the molecule is O=C(NCCc1ccc2ncccc2c1)C(=O)N1CCC(Nc2ncccn2)C1. The van der Waals surface area contributed by atoms with Crippen LogP contribution in [0.15, 0.2) is 55.0 Å². The summed E-state index contributed by atoms with van der Waals surface area (Å²) >= 11 is 0. The number of amides is 2. The Kier molecular flexibility index (Phi) is 5.60. The summed E-state index contributed by atoms with van der Waals surface area (Å²) < 4.78 is 0. The van der Waals surface area contributed by atoms with Crippen molar-refractivity contribution in [2.45, 2.75) is 18.9 Å². The van der Waals surface area contributed by atoms with Crippen LogP contribution in [0.1, 0.15) is 12.0 Å². The maximum Gasteiger partial charge on any atom is 0.311 e. The number of aromatic nitrogens is 3. The van der Waals surface area contributed by atoms with Crippen molar-refractivity contribution in [2.24, 2.45) is 0 Å². The van der Waals surface area contributed by atoms with Gasteiger partial charge in [-0.15, -0.1) is 0 Å². The van der Waals surface area contributed by atoms with Gasteiger partial charge in [-0.3, -0.25) is 14.6 Å². The molecular formula is C21H22N6O2. The van der Waals surface area contributed by atoms with Crippen molar-refractivity contribution in [1.82, 2.24) is 25.2 Å². The number of nitrogens with zero attached hydrogens (tertiary/aromatic N) is 4. The van der Waals surface area contributed by atoms with Gasteiger partial charge < -0.3 is 15.5 Å². The molecule has 2 aromatic heterocycles. The molecule has 1 atom stereocenters. The fraction of sp³-hybridized carbons (Fsp3) is 0.286. The van der Waals surface area contributed by atoms with Crippen LogP contribution < -0.4 is 10.6 Å². The molecule has 0 spiro atoms. The van der Waals surface area contributed by atoms with Crippen molar-refractivity contribution in [3.63, 3.8) is 0 Å². The highest BCUT2D eigenvalue weighted by Gasteiger charge is 2.30. The average Bonchev–Trinajstić information content (AvgIpc) is 3.22. The van der Waals surface area contributed by atoms with Gasteiger partial charge in [0.1, 0.15) is 0 Å². The first-order valence-electron chi connectivity index (χ1n) is 9.63. The molecule has 1 aromatic carbocycles. The van der Waals surface area contributed by atoms with Gasteiger partial charge in [-0.2, -0.15) is 0 Å². The lowest BCUT2D eigenvalue weighted by atomic mass is 10.1. The number of hydrogen-bond donors (Lipinski definition) is 2. The summed E-state index contributed by atoms with van der Waals surface area (Å²) in [6.45, 7) is 1.40. The molecule has 29 heavy (non-hydrogen) atoms. The fourth-order valence-corrected chi connectivity index (χ4v) is 3.44. The zero-order valence-electron chi connectivity index (χ0n) is 15.9. The highest BCUT2D eigenvalue weighted by Crippen LogP contribution is 2.14. The summed E-state index contributed by atoms with van der Waals surface area (Å²) in [7, 11) is 0. The predicted molar refractivity (Wildman–Crippen MR) is 109 cm³/mol. The van der Waals surface area contributed by atoms with Gasteiger partial charge in [0.05, 0.1) is 5.52 Å². The number of anilines is 1. The van der Waals surface area contributed by atoms with Crippen LogP contribution in [0.5, 0.6) is 0 Å². The number of rotatable bonds is 5. The molecule has 1 fully saturated rings. The van der Waals surface area contributed by atoms with Crippen LogP contribution in [0, 0.1) is 0 Å². The maximum atomic E-state index is 12.4. The third kappa shape index (κ3) is 4.66. The van der Waals surface area contributed by atoms with Crippen LogP contribution in [-0.2, 0) is 16.0 Å². The summed E-state index contributed by atoms with van der Waals surface area (Å²) in [5.41, 5.74) is 2.03. The molecule has 0 saturated carbocycles. The number of carbonyl (C=O) groups excluding carboxylic acids is 2. The Bertz CT molecular complexity index is 1010. The molecule has 3 heterocycles. The Balaban J connectivity index is 1.24. The van der Waals surface area contributed by atoms with Gasteiger partial charge >= 0.3 is 11.8 Å². The Hall–Kier alpha value is -3.55. The zero-order chi connectivity index (χ0) is 20.1. The Morgan fingerprint density at radius 3 is 2.76 bits per heavy atom. The molecule has 3 aromatic rings. The molecule has 8 heteroatoms. The molecule has 0 aliphatic carbocycles.